The molecule has 2 aromatic carbocycles. The van der Waals surface area contributed by atoms with Crippen LogP contribution < -0.4 is 10.5 Å². The van der Waals surface area contributed by atoms with Gasteiger partial charge >= 0.3 is 6.18 Å². The smallest absolute Gasteiger partial charge is 0.333 e. The fourth-order valence-electron chi connectivity index (χ4n) is 2.43. The van der Waals surface area contributed by atoms with E-state index in [2.05, 4.69) is 15.3 Å². The van der Waals surface area contributed by atoms with Gasteiger partial charge in [-0.3, -0.25) is 4.79 Å². The van der Waals surface area contributed by atoms with Crippen LogP contribution >= 0.6 is 11.8 Å². The summed E-state index contributed by atoms with van der Waals surface area (Å²) in [5.74, 6) is -0.446. The Morgan fingerprint density at radius 1 is 1.24 bits per heavy atom. The summed E-state index contributed by atoms with van der Waals surface area (Å²) in [5.41, 5.74) is -0.0103. The van der Waals surface area contributed by atoms with E-state index in [0.29, 0.717) is 5.52 Å². The maximum Gasteiger partial charge on any atom is 0.416 e. The fourth-order valence-corrected chi connectivity index (χ4v) is 3.81. The van der Waals surface area contributed by atoms with Crippen LogP contribution in [0, 0.1) is 0 Å². The summed E-state index contributed by atoms with van der Waals surface area (Å²) < 4.78 is 61.2. The third kappa shape index (κ3) is 5.08. The molecule has 0 radical (unpaired) electrons. The van der Waals surface area contributed by atoms with Crippen LogP contribution in [0.4, 0.5) is 18.9 Å². The second kappa shape index (κ2) is 7.69. The molecular formula is C17H15F3N4O3S2. The van der Waals surface area contributed by atoms with Crippen molar-refractivity contribution in [3.05, 3.63) is 48.0 Å². The number of alkyl halides is 3. The van der Waals surface area contributed by atoms with Crippen LogP contribution in [0.5, 0.6) is 0 Å². The molecule has 154 valence electrons. The Bertz CT molecular complexity index is 1180. The van der Waals surface area contributed by atoms with Crippen molar-refractivity contribution in [2.24, 2.45) is 5.14 Å². The van der Waals surface area contributed by atoms with Gasteiger partial charge < -0.3 is 10.3 Å². The zero-order valence-electron chi connectivity index (χ0n) is 14.8. The van der Waals surface area contributed by atoms with Crippen molar-refractivity contribution in [3.8, 4) is 0 Å². The number of nitrogens with one attached hydrogen (secondary N) is 2. The van der Waals surface area contributed by atoms with Crippen LogP contribution in [0.2, 0.25) is 0 Å². The lowest BCUT2D eigenvalue weighted by atomic mass is 10.2. The highest BCUT2D eigenvalue weighted by Gasteiger charge is 2.30. The van der Waals surface area contributed by atoms with Crippen LogP contribution in [-0.4, -0.2) is 29.5 Å². The van der Waals surface area contributed by atoms with Crippen molar-refractivity contribution < 1.29 is 26.4 Å². The molecule has 12 heteroatoms. The maximum absolute atomic E-state index is 12.8. The fraction of sp³-hybridized carbons (Fsp3) is 0.176. The van der Waals surface area contributed by atoms with E-state index in [4.69, 9.17) is 5.14 Å². The molecule has 3 aromatic rings. The number of nitrogens with two attached hydrogens (primary N) is 1. The second-order valence-electron chi connectivity index (χ2n) is 6.09. The number of hydrogen-bond donors (Lipinski definition) is 3. The largest absolute Gasteiger partial charge is 0.416 e. The average molecular weight is 444 g/mol. The van der Waals surface area contributed by atoms with Gasteiger partial charge in [-0.2, -0.15) is 13.2 Å². The van der Waals surface area contributed by atoms with Gasteiger partial charge in [-0.05, 0) is 43.3 Å². The Balaban J connectivity index is 1.73. The number of benzene rings is 2. The number of sulfonamides is 1. The molecule has 1 aromatic heterocycles. The minimum atomic E-state index is -4.47. The van der Waals surface area contributed by atoms with Gasteiger partial charge in [0.25, 0.3) is 0 Å². The molecule has 0 aliphatic carbocycles. The lowest BCUT2D eigenvalue weighted by Crippen LogP contribution is -2.22. The number of nitrogens with zero attached hydrogens (tertiary/aromatic N) is 1. The van der Waals surface area contributed by atoms with Crippen molar-refractivity contribution >= 4 is 44.4 Å². The SMILES string of the molecule is CC(Sc1nc2ccc(C(F)(F)F)cc2[nH]1)C(=O)Nc1cccc(S(N)(=O)=O)c1. The Morgan fingerprint density at radius 3 is 2.62 bits per heavy atom. The molecule has 0 aliphatic rings. The number of carbonyl (C=O) groups excluding carboxylic acids is 1. The molecule has 1 atom stereocenters. The Kier molecular flexibility index (Phi) is 5.61. The summed E-state index contributed by atoms with van der Waals surface area (Å²) in [7, 11) is -3.91. The number of amides is 1. The topological polar surface area (TPSA) is 118 Å². The van der Waals surface area contributed by atoms with Gasteiger partial charge in [0.05, 0.1) is 26.7 Å². The van der Waals surface area contributed by atoms with Gasteiger partial charge in [-0.1, -0.05) is 17.8 Å². The van der Waals surface area contributed by atoms with E-state index in [9.17, 15) is 26.4 Å². The van der Waals surface area contributed by atoms with E-state index in [1.165, 1.54) is 30.3 Å². The molecule has 3 rings (SSSR count). The van der Waals surface area contributed by atoms with E-state index >= 15 is 0 Å². The maximum atomic E-state index is 12.8. The van der Waals surface area contributed by atoms with Crippen LogP contribution in [0.15, 0.2) is 52.5 Å². The summed E-state index contributed by atoms with van der Waals surface area (Å²) >= 11 is 1.02. The standard InChI is InChI=1S/C17H15F3N4O3S2/c1-9(15(25)22-11-3-2-4-12(8-11)29(21,26)27)28-16-23-13-6-5-10(17(18,19)20)7-14(13)24-16/h2-9H,1H3,(H,22,25)(H,23,24)(H2,21,26,27). The third-order valence-corrected chi connectivity index (χ3v) is 5.77. The third-order valence-electron chi connectivity index (χ3n) is 3.88. The zero-order valence-corrected chi connectivity index (χ0v) is 16.5. The summed E-state index contributed by atoms with van der Waals surface area (Å²) in [5, 5.41) is 7.24. The number of fused-ring (bicyclic) bond motifs is 1. The highest BCUT2D eigenvalue weighted by atomic mass is 32.2. The van der Waals surface area contributed by atoms with Gasteiger partial charge in [0.2, 0.25) is 15.9 Å². The summed E-state index contributed by atoms with van der Waals surface area (Å²) in [6.07, 6.45) is -4.47. The number of primary sulfonamides is 1. The number of rotatable bonds is 5. The first-order valence-electron chi connectivity index (χ1n) is 8.11. The number of halogens is 3. The lowest BCUT2D eigenvalue weighted by molar-refractivity contribution is -0.137. The number of hydrogen-bond acceptors (Lipinski definition) is 5. The van der Waals surface area contributed by atoms with E-state index in [0.717, 1.165) is 23.9 Å². The summed E-state index contributed by atoms with van der Waals surface area (Å²) in [6.45, 7) is 1.58. The second-order valence-corrected chi connectivity index (χ2v) is 8.98. The molecule has 0 fully saturated rings. The van der Waals surface area contributed by atoms with Crippen molar-refractivity contribution in [2.75, 3.05) is 5.32 Å². The van der Waals surface area contributed by atoms with E-state index in [-0.39, 0.29) is 21.3 Å². The number of anilines is 1. The quantitative estimate of drug-likeness (QED) is 0.522. The highest BCUT2D eigenvalue weighted by molar-refractivity contribution is 8.00. The van der Waals surface area contributed by atoms with Crippen molar-refractivity contribution in [3.63, 3.8) is 0 Å². The summed E-state index contributed by atoms with van der Waals surface area (Å²) in [4.78, 5) is 19.2. The van der Waals surface area contributed by atoms with Gasteiger partial charge in [0.15, 0.2) is 5.16 Å². The zero-order chi connectivity index (χ0) is 21.4. The number of aromatic nitrogens is 2. The normalized spacial score (nSPS) is 13.4. The highest BCUT2D eigenvalue weighted by Crippen LogP contribution is 2.32. The molecule has 7 nitrogen and oxygen atoms in total. The number of carbonyl (C=O) groups is 1. The van der Waals surface area contributed by atoms with Crippen molar-refractivity contribution in [1.29, 1.82) is 0 Å². The summed E-state index contributed by atoms with van der Waals surface area (Å²) in [6, 6.07) is 8.61. The number of imidazole rings is 1. The molecular weight excluding hydrogens is 429 g/mol. The predicted molar refractivity (Wildman–Crippen MR) is 103 cm³/mol. The van der Waals surface area contributed by atoms with Gasteiger partial charge in [0, 0.05) is 5.69 Å². The van der Waals surface area contributed by atoms with E-state index < -0.39 is 32.9 Å². The number of aromatic amines is 1. The van der Waals surface area contributed by atoms with Gasteiger partial charge in [-0.15, -0.1) is 0 Å². The molecule has 0 aliphatic heterocycles. The first kappa shape index (κ1) is 21.1. The van der Waals surface area contributed by atoms with Crippen molar-refractivity contribution in [1.82, 2.24) is 9.97 Å². The molecule has 0 bridgehead atoms. The van der Waals surface area contributed by atoms with Crippen LogP contribution in [0.3, 0.4) is 0 Å². The molecule has 4 N–H and O–H groups in total. The molecule has 29 heavy (non-hydrogen) atoms. The molecule has 0 saturated heterocycles. The van der Waals surface area contributed by atoms with Gasteiger partial charge in [-0.25, -0.2) is 18.5 Å². The van der Waals surface area contributed by atoms with Crippen LogP contribution in [0.1, 0.15) is 12.5 Å². The minimum absolute atomic E-state index is 0.145. The van der Waals surface area contributed by atoms with Crippen molar-refractivity contribution in [2.45, 2.75) is 28.4 Å². The van der Waals surface area contributed by atoms with E-state index in [1.807, 2.05) is 0 Å². The Labute approximate surface area is 167 Å². The molecule has 1 amide bonds. The Morgan fingerprint density at radius 2 is 1.97 bits per heavy atom. The predicted octanol–water partition coefficient (Wildman–Crippen LogP) is 3.35. The number of thioether (sulfide) groups is 1. The van der Waals surface area contributed by atoms with Crippen LogP contribution in [0.25, 0.3) is 11.0 Å². The molecule has 1 unspecified atom stereocenters. The van der Waals surface area contributed by atoms with Crippen LogP contribution in [-0.2, 0) is 21.0 Å². The molecule has 0 saturated carbocycles. The lowest BCUT2D eigenvalue weighted by Gasteiger charge is -2.11. The average Bonchev–Trinajstić information content (AvgIpc) is 3.01. The van der Waals surface area contributed by atoms with E-state index in [1.54, 1.807) is 6.92 Å². The molecule has 0 spiro atoms. The number of H-pyrrole nitrogens is 1. The molecule has 1 heterocycles. The first-order chi connectivity index (χ1) is 13.4. The monoisotopic (exact) mass is 444 g/mol. The Hall–Kier alpha value is -2.57. The minimum Gasteiger partial charge on any atom is -0.333 e. The first-order valence-corrected chi connectivity index (χ1v) is 10.5. The van der Waals surface area contributed by atoms with Gasteiger partial charge in [0.1, 0.15) is 0 Å².